The second-order valence-electron chi connectivity index (χ2n) is 7.64. The molecule has 0 saturated carbocycles. The minimum absolute atomic E-state index is 0.0487. The Morgan fingerprint density at radius 2 is 2.00 bits per heavy atom. The first kappa shape index (κ1) is 22.1. The van der Waals surface area contributed by atoms with Crippen molar-refractivity contribution in [3.63, 3.8) is 0 Å². The molecule has 0 radical (unpaired) electrons. The van der Waals surface area contributed by atoms with Gasteiger partial charge in [0, 0.05) is 23.5 Å². The van der Waals surface area contributed by atoms with Crippen molar-refractivity contribution in [3.05, 3.63) is 35.5 Å². The molecule has 0 aliphatic heterocycles. The number of benzene rings is 1. The van der Waals surface area contributed by atoms with E-state index >= 15 is 0 Å². The number of rotatable bonds is 6. The lowest BCUT2D eigenvalue weighted by Crippen LogP contribution is -2.42. The number of hydrogen-bond acceptors (Lipinski definition) is 4. The third-order valence-electron chi connectivity index (χ3n) is 4.25. The quantitative estimate of drug-likeness (QED) is 0.620. The fraction of sp³-hybridized carbons (Fsp3) is 0.500. The molecule has 10 heteroatoms. The van der Waals surface area contributed by atoms with Crippen LogP contribution in [0.4, 0.5) is 13.6 Å². The Labute approximate surface area is 162 Å². The number of ether oxygens (including phenoxy) is 1. The Bertz CT molecular complexity index is 966. The van der Waals surface area contributed by atoms with Gasteiger partial charge in [0.05, 0.1) is 11.3 Å². The molecule has 3 N–H and O–H groups in total. The van der Waals surface area contributed by atoms with E-state index in [1.807, 2.05) is 0 Å². The Morgan fingerprint density at radius 1 is 1.36 bits per heavy atom. The molecule has 1 aromatic heterocycles. The summed E-state index contributed by atoms with van der Waals surface area (Å²) in [5, 5.41) is 2.62. The predicted molar refractivity (Wildman–Crippen MR) is 101 cm³/mol. The minimum Gasteiger partial charge on any atom is -0.444 e. The molecular weight excluding hydrogens is 394 g/mol. The van der Waals surface area contributed by atoms with Crippen molar-refractivity contribution in [3.8, 4) is 0 Å². The number of fused-ring (bicyclic) bond motifs is 1. The van der Waals surface area contributed by atoms with Crippen LogP contribution >= 0.6 is 0 Å². The van der Waals surface area contributed by atoms with Crippen LogP contribution in [-0.4, -0.2) is 41.4 Å². The summed E-state index contributed by atoms with van der Waals surface area (Å²) in [7, 11) is -4.29. The van der Waals surface area contributed by atoms with Gasteiger partial charge in [-0.15, -0.1) is 0 Å². The van der Waals surface area contributed by atoms with Crippen LogP contribution in [0.1, 0.15) is 45.6 Å². The summed E-state index contributed by atoms with van der Waals surface area (Å²) < 4.78 is 64.6. The summed E-state index contributed by atoms with van der Waals surface area (Å²) in [6.07, 6.45) is 0.517. The number of aromatic amines is 1. The fourth-order valence-electron chi connectivity index (χ4n) is 2.95. The molecule has 2 atom stereocenters. The van der Waals surface area contributed by atoms with Crippen molar-refractivity contribution < 1.29 is 31.3 Å². The van der Waals surface area contributed by atoms with Gasteiger partial charge in [0.25, 0.3) is 10.1 Å². The fourth-order valence-corrected chi connectivity index (χ4v) is 3.50. The van der Waals surface area contributed by atoms with Gasteiger partial charge < -0.3 is 15.0 Å². The van der Waals surface area contributed by atoms with Crippen molar-refractivity contribution in [1.82, 2.24) is 10.3 Å². The van der Waals surface area contributed by atoms with Crippen LogP contribution in [0.15, 0.2) is 18.3 Å². The zero-order chi connectivity index (χ0) is 21.3. The summed E-state index contributed by atoms with van der Waals surface area (Å²) in [6.45, 7) is 6.64. The van der Waals surface area contributed by atoms with Gasteiger partial charge in [-0.1, -0.05) is 6.92 Å². The molecule has 2 unspecified atom stereocenters. The number of aromatic nitrogens is 1. The highest BCUT2D eigenvalue weighted by molar-refractivity contribution is 7.85. The van der Waals surface area contributed by atoms with Gasteiger partial charge >= 0.3 is 6.09 Å². The van der Waals surface area contributed by atoms with Crippen LogP contribution < -0.4 is 5.32 Å². The van der Waals surface area contributed by atoms with E-state index in [0.29, 0.717) is 11.1 Å². The molecule has 1 aromatic carbocycles. The van der Waals surface area contributed by atoms with Gasteiger partial charge in [0.1, 0.15) is 5.60 Å². The minimum atomic E-state index is -4.29. The highest BCUT2D eigenvalue weighted by Crippen LogP contribution is 2.31. The molecule has 156 valence electrons. The number of carbonyl (C=O) groups excluding carboxylic acids is 1. The smallest absolute Gasteiger partial charge is 0.407 e. The topological polar surface area (TPSA) is 108 Å². The maximum absolute atomic E-state index is 14.0. The Hall–Kier alpha value is -2.20. The average Bonchev–Trinajstić information content (AvgIpc) is 3.01. The lowest BCUT2D eigenvalue weighted by atomic mass is 9.90. The van der Waals surface area contributed by atoms with Crippen LogP contribution in [0.3, 0.4) is 0 Å². The van der Waals surface area contributed by atoms with E-state index in [0.717, 1.165) is 6.07 Å². The predicted octanol–water partition coefficient (Wildman–Crippen LogP) is 3.72. The molecule has 7 nitrogen and oxygen atoms in total. The molecule has 0 fully saturated rings. The van der Waals surface area contributed by atoms with Crippen LogP contribution in [-0.2, 0) is 14.9 Å². The number of alkyl carbamates (subject to hydrolysis) is 1. The second kappa shape index (κ2) is 8.04. The van der Waals surface area contributed by atoms with Gasteiger partial charge in [0.2, 0.25) is 0 Å². The second-order valence-corrected chi connectivity index (χ2v) is 9.22. The maximum Gasteiger partial charge on any atom is 0.407 e. The summed E-state index contributed by atoms with van der Waals surface area (Å²) in [5.74, 6) is -3.29. The molecule has 0 aliphatic rings. The molecule has 1 heterocycles. The van der Waals surface area contributed by atoms with E-state index in [1.165, 1.54) is 12.3 Å². The zero-order valence-corrected chi connectivity index (χ0v) is 16.9. The number of amides is 1. The highest BCUT2D eigenvalue weighted by Gasteiger charge is 2.28. The molecule has 2 rings (SSSR count). The van der Waals surface area contributed by atoms with Crippen molar-refractivity contribution in [2.75, 3.05) is 5.75 Å². The largest absolute Gasteiger partial charge is 0.444 e. The van der Waals surface area contributed by atoms with E-state index in [2.05, 4.69) is 10.3 Å². The van der Waals surface area contributed by atoms with E-state index in [-0.39, 0.29) is 11.8 Å². The average molecular weight is 418 g/mol. The van der Waals surface area contributed by atoms with E-state index < -0.39 is 51.2 Å². The molecule has 0 saturated heterocycles. The van der Waals surface area contributed by atoms with Gasteiger partial charge in [-0.05, 0) is 44.9 Å². The zero-order valence-electron chi connectivity index (χ0n) is 16.0. The molecular formula is C18H24F2N2O5S. The third kappa shape index (κ3) is 5.65. The third-order valence-corrected chi connectivity index (χ3v) is 5.00. The van der Waals surface area contributed by atoms with Gasteiger partial charge in [-0.25, -0.2) is 13.6 Å². The number of hydrogen-bond donors (Lipinski definition) is 3. The monoisotopic (exact) mass is 418 g/mol. The SMILES string of the molecule is CC(c1cc(F)c(F)c2cc[nH]c12)C(CCS(=O)(=O)O)NC(=O)OC(C)(C)C. The summed E-state index contributed by atoms with van der Waals surface area (Å²) in [5.41, 5.74) is -0.0835. The lowest BCUT2D eigenvalue weighted by molar-refractivity contribution is 0.0496. The summed E-state index contributed by atoms with van der Waals surface area (Å²) in [4.78, 5) is 15.0. The Morgan fingerprint density at radius 3 is 2.57 bits per heavy atom. The number of H-pyrrole nitrogens is 1. The van der Waals surface area contributed by atoms with Crippen LogP contribution in [0.2, 0.25) is 0 Å². The van der Waals surface area contributed by atoms with Crippen molar-refractivity contribution in [2.45, 2.75) is 51.7 Å². The molecule has 0 spiro atoms. The van der Waals surface area contributed by atoms with Gasteiger partial charge in [0.15, 0.2) is 11.6 Å². The molecule has 28 heavy (non-hydrogen) atoms. The standard InChI is InChI=1S/C18H24F2N2O5S/c1-10(12-9-13(19)15(20)11-5-7-21-16(11)12)14(6-8-28(24,25)26)22-17(23)27-18(2,3)4/h5,7,9-10,14,21H,6,8H2,1-4H3,(H,22,23)(H,24,25,26). The van der Waals surface area contributed by atoms with Crippen molar-refractivity contribution in [1.29, 1.82) is 0 Å². The lowest BCUT2D eigenvalue weighted by Gasteiger charge is -2.28. The Kier molecular flexibility index (Phi) is 6.34. The van der Waals surface area contributed by atoms with Gasteiger partial charge in [-0.2, -0.15) is 8.42 Å². The van der Waals surface area contributed by atoms with E-state index in [1.54, 1.807) is 27.7 Å². The van der Waals surface area contributed by atoms with E-state index in [4.69, 9.17) is 9.29 Å². The molecule has 2 aromatic rings. The first-order valence-corrected chi connectivity index (χ1v) is 10.3. The van der Waals surface area contributed by atoms with Crippen LogP contribution in [0, 0.1) is 11.6 Å². The summed E-state index contributed by atoms with van der Waals surface area (Å²) >= 11 is 0. The Balaban J connectivity index is 2.38. The maximum atomic E-state index is 14.0. The number of halogens is 2. The first-order valence-electron chi connectivity index (χ1n) is 8.68. The van der Waals surface area contributed by atoms with Crippen molar-refractivity contribution >= 4 is 27.1 Å². The highest BCUT2D eigenvalue weighted by atomic mass is 32.2. The number of nitrogens with one attached hydrogen (secondary N) is 2. The first-order chi connectivity index (χ1) is 12.8. The molecule has 0 bridgehead atoms. The number of carbonyl (C=O) groups is 1. The van der Waals surface area contributed by atoms with Crippen LogP contribution in [0.5, 0.6) is 0 Å². The van der Waals surface area contributed by atoms with Crippen molar-refractivity contribution in [2.24, 2.45) is 0 Å². The molecule has 1 amide bonds. The van der Waals surface area contributed by atoms with Gasteiger partial charge in [-0.3, -0.25) is 4.55 Å². The summed E-state index contributed by atoms with van der Waals surface area (Å²) in [6, 6.07) is 1.57. The van der Waals surface area contributed by atoms with E-state index in [9.17, 15) is 22.0 Å². The molecule has 0 aliphatic carbocycles. The normalized spacial score (nSPS) is 14.7. The van der Waals surface area contributed by atoms with Crippen LogP contribution in [0.25, 0.3) is 10.9 Å².